The standard InChI is InChI=1S/C17H18F3N3.C2H6/c1-13-4-2-3-5-15(13)22-8-10-23(11-9-22)16-7-6-14(12-21-16)17(18,19)20;1-2/h2-7,12H,8-11H2,1H3;1-2H3. The van der Waals surface area contributed by atoms with E-state index in [1.54, 1.807) is 0 Å². The highest BCUT2D eigenvalue weighted by Crippen LogP contribution is 2.29. The van der Waals surface area contributed by atoms with Crippen molar-refractivity contribution in [1.82, 2.24) is 4.98 Å². The lowest BCUT2D eigenvalue weighted by molar-refractivity contribution is -0.137. The normalized spacial score (nSPS) is 14.8. The summed E-state index contributed by atoms with van der Waals surface area (Å²) in [6.07, 6.45) is -3.43. The Hall–Kier alpha value is -2.24. The van der Waals surface area contributed by atoms with Crippen LogP contribution in [0.25, 0.3) is 0 Å². The summed E-state index contributed by atoms with van der Waals surface area (Å²) in [6, 6.07) is 10.8. The van der Waals surface area contributed by atoms with Crippen LogP contribution >= 0.6 is 0 Å². The molecule has 6 heteroatoms. The Morgan fingerprint density at radius 2 is 1.48 bits per heavy atom. The van der Waals surface area contributed by atoms with Crippen molar-refractivity contribution in [3.63, 3.8) is 0 Å². The number of anilines is 2. The molecule has 0 spiro atoms. The summed E-state index contributed by atoms with van der Waals surface area (Å²) in [5, 5.41) is 0. The van der Waals surface area contributed by atoms with Crippen molar-refractivity contribution in [3.8, 4) is 0 Å². The second-order valence-corrected chi connectivity index (χ2v) is 5.66. The SMILES string of the molecule is CC.Cc1ccccc1N1CCN(c2ccc(C(F)(F)F)cn2)CC1. The van der Waals surface area contributed by atoms with Crippen LogP contribution in [-0.2, 0) is 6.18 Å². The van der Waals surface area contributed by atoms with Gasteiger partial charge >= 0.3 is 6.18 Å². The number of aromatic nitrogens is 1. The number of benzene rings is 1. The number of para-hydroxylation sites is 1. The molecule has 0 radical (unpaired) electrons. The van der Waals surface area contributed by atoms with E-state index in [2.05, 4.69) is 28.9 Å². The third-order valence-corrected chi connectivity index (χ3v) is 4.14. The number of rotatable bonds is 2. The van der Waals surface area contributed by atoms with E-state index in [9.17, 15) is 13.2 Å². The number of nitrogens with zero attached hydrogens (tertiary/aromatic N) is 3. The fourth-order valence-electron chi connectivity index (χ4n) is 2.84. The molecule has 1 aliphatic heterocycles. The maximum absolute atomic E-state index is 12.6. The third kappa shape index (κ3) is 4.65. The van der Waals surface area contributed by atoms with Gasteiger partial charge in [0.2, 0.25) is 0 Å². The predicted molar refractivity (Wildman–Crippen MR) is 96.2 cm³/mol. The molecule has 0 amide bonds. The van der Waals surface area contributed by atoms with Gasteiger partial charge in [0.1, 0.15) is 5.82 Å². The van der Waals surface area contributed by atoms with Crippen LogP contribution in [0.2, 0.25) is 0 Å². The monoisotopic (exact) mass is 351 g/mol. The molecule has 0 bridgehead atoms. The van der Waals surface area contributed by atoms with Crippen LogP contribution in [0.15, 0.2) is 42.6 Å². The number of halogens is 3. The Morgan fingerprint density at radius 3 is 2.00 bits per heavy atom. The number of hydrogen-bond acceptors (Lipinski definition) is 3. The summed E-state index contributed by atoms with van der Waals surface area (Å²) in [5.74, 6) is 0.599. The first-order chi connectivity index (χ1) is 11.9. The van der Waals surface area contributed by atoms with Gasteiger partial charge < -0.3 is 9.80 Å². The Kier molecular flexibility index (Phi) is 6.28. The zero-order valence-electron chi connectivity index (χ0n) is 14.8. The van der Waals surface area contributed by atoms with Gasteiger partial charge in [-0.2, -0.15) is 13.2 Å². The van der Waals surface area contributed by atoms with E-state index < -0.39 is 11.7 Å². The molecule has 25 heavy (non-hydrogen) atoms. The van der Waals surface area contributed by atoms with Gasteiger partial charge in [-0.3, -0.25) is 0 Å². The average Bonchev–Trinajstić information content (AvgIpc) is 2.63. The molecule has 1 aliphatic rings. The Bertz CT molecular complexity index is 660. The molecule has 0 unspecified atom stereocenters. The topological polar surface area (TPSA) is 19.4 Å². The van der Waals surface area contributed by atoms with Crippen LogP contribution in [0.4, 0.5) is 24.7 Å². The fourth-order valence-corrected chi connectivity index (χ4v) is 2.84. The summed E-state index contributed by atoms with van der Waals surface area (Å²) in [5.41, 5.74) is 1.74. The van der Waals surface area contributed by atoms with Crippen molar-refractivity contribution in [2.45, 2.75) is 26.9 Å². The molecule has 0 aliphatic carbocycles. The van der Waals surface area contributed by atoms with Gasteiger partial charge in [-0.05, 0) is 30.7 Å². The van der Waals surface area contributed by atoms with Gasteiger partial charge in [0, 0.05) is 38.1 Å². The van der Waals surface area contributed by atoms with E-state index in [-0.39, 0.29) is 0 Å². The number of hydrogen-bond donors (Lipinski definition) is 0. The molecule has 2 heterocycles. The second-order valence-electron chi connectivity index (χ2n) is 5.66. The molecule has 1 saturated heterocycles. The van der Waals surface area contributed by atoms with E-state index in [1.165, 1.54) is 17.3 Å². The molecule has 3 rings (SSSR count). The maximum atomic E-state index is 12.6. The number of alkyl halides is 3. The zero-order valence-corrected chi connectivity index (χ0v) is 14.8. The van der Waals surface area contributed by atoms with E-state index in [4.69, 9.17) is 0 Å². The van der Waals surface area contributed by atoms with E-state index >= 15 is 0 Å². The molecule has 1 fully saturated rings. The molecule has 136 valence electrons. The first-order valence-corrected chi connectivity index (χ1v) is 8.54. The quantitative estimate of drug-likeness (QED) is 0.777. The minimum Gasteiger partial charge on any atom is -0.368 e. The third-order valence-electron chi connectivity index (χ3n) is 4.14. The predicted octanol–water partition coefficient (Wildman–Crippen LogP) is 4.76. The minimum absolute atomic E-state index is 0.599. The maximum Gasteiger partial charge on any atom is 0.417 e. The fraction of sp³-hybridized carbons (Fsp3) is 0.421. The Balaban J connectivity index is 0.00000109. The molecule has 0 N–H and O–H groups in total. The zero-order chi connectivity index (χ0) is 18.4. The van der Waals surface area contributed by atoms with E-state index in [1.807, 2.05) is 30.9 Å². The van der Waals surface area contributed by atoms with Gasteiger partial charge in [-0.25, -0.2) is 4.98 Å². The van der Waals surface area contributed by atoms with E-state index in [0.717, 1.165) is 38.4 Å². The number of piperazine rings is 1. The van der Waals surface area contributed by atoms with Crippen LogP contribution in [-0.4, -0.2) is 31.2 Å². The highest BCUT2D eigenvalue weighted by Gasteiger charge is 2.31. The lowest BCUT2D eigenvalue weighted by Crippen LogP contribution is -2.47. The van der Waals surface area contributed by atoms with Crippen LogP contribution in [0.3, 0.4) is 0 Å². The first kappa shape index (κ1) is 19.1. The number of aryl methyl sites for hydroxylation is 1. The smallest absolute Gasteiger partial charge is 0.368 e. The second kappa shape index (κ2) is 8.23. The van der Waals surface area contributed by atoms with Crippen molar-refractivity contribution < 1.29 is 13.2 Å². The van der Waals surface area contributed by atoms with Gasteiger partial charge in [0.15, 0.2) is 0 Å². The number of pyridine rings is 1. The molecule has 3 nitrogen and oxygen atoms in total. The average molecular weight is 351 g/mol. The molecular formula is C19H24F3N3. The van der Waals surface area contributed by atoms with Crippen LogP contribution in [0.1, 0.15) is 25.0 Å². The van der Waals surface area contributed by atoms with Gasteiger partial charge in [-0.1, -0.05) is 32.0 Å². The highest BCUT2D eigenvalue weighted by molar-refractivity contribution is 5.54. The Morgan fingerprint density at radius 1 is 0.880 bits per heavy atom. The van der Waals surface area contributed by atoms with Crippen LogP contribution < -0.4 is 9.80 Å². The van der Waals surface area contributed by atoms with Crippen molar-refractivity contribution in [1.29, 1.82) is 0 Å². The van der Waals surface area contributed by atoms with Crippen molar-refractivity contribution in [2.75, 3.05) is 36.0 Å². The lowest BCUT2D eigenvalue weighted by atomic mass is 10.1. The van der Waals surface area contributed by atoms with Crippen molar-refractivity contribution in [3.05, 3.63) is 53.7 Å². The van der Waals surface area contributed by atoms with Gasteiger partial charge in [0.05, 0.1) is 5.56 Å². The summed E-state index contributed by atoms with van der Waals surface area (Å²) < 4.78 is 37.7. The van der Waals surface area contributed by atoms with Crippen LogP contribution in [0.5, 0.6) is 0 Å². The highest BCUT2D eigenvalue weighted by atomic mass is 19.4. The van der Waals surface area contributed by atoms with Crippen molar-refractivity contribution >= 4 is 11.5 Å². The minimum atomic E-state index is -4.34. The van der Waals surface area contributed by atoms with Gasteiger partial charge in [-0.15, -0.1) is 0 Å². The lowest BCUT2D eigenvalue weighted by Gasteiger charge is -2.37. The molecule has 1 aromatic heterocycles. The van der Waals surface area contributed by atoms with E-state index in [0.29, 0.717) is 5.82 Å². The summed E-state index contributed by atoms with van der Waals surface area (Å²) in [6.45, 7) is 9.22. The summed E-state index contributed by atoms with van der Waals surface area (Å²) in [4.78, 5) is 8.30. The van der Waals surface area contributed by atoms with Gasteiger partial charge in [0.25, 0.3) is 0 Å². The largest absolute Gasteiger partial charge is 0.417 e. The molecule has 0 atom stereocenters. The summed E-state index contributed by atoms with van der Waals surface area (Å²) >= 11 is 0. The molecule has 1 aromatic carbocycles. The van der Waals surface area contributed by atoms with Crippen molar-refractivity contribution in [2.24, 2.45) is 0 Å². The Labute approximate surface area is 147 Å². The van der Waals surface area contributed by atoms with Crippen LogP contribution in [0, 0.1) is 6.92 Å². The molecular weight excluding hydrogens is 327 g/mol. The first-order valence-electron chi connectivity index (χ1n) is 8.54. The molecule has 0 saturated carbocycles. The molecule has 2 aromatic rings. The summed E-state index contributed by atoms with van der Waals surface area (Å²) in [7, 11) is 0.